The molecule has 6 aliphatic rings. The van der Waals surface area contributed by atoms with Gasteiger partial charge in [0.2, 0.25) is 0 Å². The minimum Gasteiger partial charge on any atom is -0.478 e. The summed E-state index contributed by atoms with van der Waals surface area (Å²) in [6.45, 7) is 30.2. The van der Waals surface area contributed by atoms with Gasteiger partial charge in [-0.15, -0.1) is 12.4 Å². The van der Waals surface area contributed by atoms with Gasteiger partial charge in [0.05, 0.1) is 51.8 Å². The van der Waals surface area contributed by atoms with E-state index in [-0.39, 0.29) is 73.7 Å². The Labute approximate surface area is 687 Å². The van der Waals surface area contributed by atoms with Gasteiger partial charge in [0.25, 0.3) is 0 Å². The van der Waals surface area contributed by atoms with Crippen molar-refractivity contribution in [3.8, 4) is 0 Å². The second kappa shape index (κ2) is 43.6. The number of aromatic carboxylic acids is 1. The quantitative estimate of drug-likeness (QED) is 0.0391. The number of aliphatic hydroxyl groups is 3. The number of hydrogen-bond acceptors (Lipinski definition) is 9. The van der Waals surface area contributed by atoms with Crippen LogP contribution in [0.25, 0.3) is 54.5 Å². The van der Waals surface area contributed by atoms with Gasteiger partial charge in [-0.3, -0.25) is 9.70 Å². The Morgan fingerprint density at radius 3 is 1.44 bits per heavy atom. The third-order valence-corrected chi connectivity index (χ3v) is 24.2. The van der Waals surface area contributed by atoms with Gasteiger partial charge >= 0.3 is 24.8 Å². The fourth-order valence-corrected chi connectivity index (χ4v) is 16.9. The molecule has 0 fully saturated rings. The number of para-hydroxylation sites is 5. The number of aliphatic imine (C=N–C) groups is 1. The van der Waals surface area contributed by atoms with Crippen molar-refractivity contribution in [2.45, 2.75) is 243 Å². The molecule has 0 saturated carbocycles. The molecule has 0 saturated heterocycles. The van der Waals surface area contributed by atoms with Gasteiger partial charge in [-0.1, -0.05) is 173 Å². The van der Waals surface area contributed by atoms with E-state index in [1.54, 1.807) is 31.0 Å². The van der Waals surface area contributed by atoms with Crippen LogP contribution in [0.4, 0.5) is 4.70 Å². The number of halogens is 2. The molecule has 17 nitrogen and oxygen atoms in total. The van der Waals surface area contributed by atoms with Gasteiger partial charge in [0.1, 0.15) is 31.5 Å². The van der Waals surface area contributed by atoms with E-state index in [0.717, 1.165) is 123 Å². The van der Waals surface area contributed by atoms with E-state index < -0.39 is 34.3 Å². The third-order valence-electron chi connectivity index (χ3n) is 20.8. The molecule has 4 N–H and O–H groups in total. The Balaban J connectivity index is 0.000000284. The van der Waals surface area contributed by atoms with Crippen molar-refractivity contribution < 1.29 is 59.7 Å². The number of nitrogens with zero attached hydrogens (tertiary/aromatic N) is 10. The van der Waals surface area contributed by atoms with Crippen LogP contribution in [-0.4, -0.2) is 103 Å². The van der Waals surface area contributed by atoms with Crippen LogP contribution in [0.2, 0.25) is 51.4 Å². The SMILES string of the molecule is C.C.C.C.C[Si](C)(C)CCOCn1ccnc1.C[Si](C)(C)CCOCn1ccnc1C(O)c1cccc2cc3n(c12)CCC3.Cc1cccc2cc3n(c12)CCC3.Cl.F.O=C(O)c1cccc2cc3n(c12)CCC3.OC(C1=NC=CC1)c1cccc2cc3n(c12)CCC3.OCc1cccc2cc3n(c12)CCC3.[CH2-]CCC.[HH].[Li+]. The normalized spacial score (nSPS) is 14.1. The minimum absolute atomic E-state index is 0. The average molecular weight is 1580 g/mol. The molecule has 0 aliphatic carbocycles. The molecule has 2 unspecified atom stereocenters. The van der Waals surface area contributed by atoms with Gasteiger partial charge in [0.15, 0.2) is 0 Å². The molecule has 6 aliphatic heterocycles. The Morgan fingerprint density at radius 1 is 0.571 bits per heavy atom. The van der Waals surface area contributed by atoms with Crippen LogP contribution in [0.1, 0.15) is 169 Å². The fourth-order valence-electron chi connectivity index (χ4n) is 15.4. The van der Waals surface area contributed by atoms with Gasteiger partial charge < -0.3 is 68.8 Å². The fraction of sp³-hybridized carbons (Fsp3) is 0.433. The summed E-state index contributed by atoms with van der Waals surface area (Å²) < 4.78 is 26.9. The largest absolute Gasteiger partial charge is 1.00 e. The van der Waals surface area contributed by atoms with Crippen LogP contribution in [-0.2, 0) is 94.4 Å². The van der Waals surface area contributed by atoms with Crippen LogP contribution >= 0.6 is 12.4 Å². The third kappa shape index (κ3) is 22.6. The molecule has 0 bridgehead atoms. The van der Waals surface area contributed by atoms with Gasteiger partial charge in [0, 0.05) is 173 Å². The number of unbranched alkanes of at least 4 members (excludes halogenated alkanes) is 1. The van der Waals surface area contributed by atoms with Crippen LogP contribution in [0.3, 0.4) is 0 Å². The number of imidazole rings is 2. The van der Waals surface area contributed by atoms with E-state index in [4.69, 9.17) is 14.6 Å². The summed E-state index contributed by atoms with van der Waals surface area (Å²) in [5.41, 5.74) is 18.5. The number of allylic oxidation sites excluding steroid dienone is 1. The van der Waals surface area contributed by atoms with E-state index in [0.29, 0.717) is 24.8 Å². The number of aryl methyl sites for hydroxylation is 11. The summed E-state index contributed by atoms with van der Waals surface area (Å²) in [6, 6.07) is 44.1. The van der Waals surface area contributed by atoms with E-state index in [1.807, 2.05) is 76.1 Å². The Hall–Kier alpha value is -7.85. The van der Waals surface area contributed by atoms with Crippen molar-refractivity contribution >= 4 is 94.8 Å². The number of aromatic nitrogens is 9. The van der Waals surface area contributed by atoms with Crippen molar-refractivity contribution in [2.24, 2.45) is 4.99 Å². The van der Waals surface area contributed by atoms with E-state index in [2.05, 4.69) is 165 Å². The molecule has 2 atom stereocenters. The van der Waals surface area contributed by atoms with Gasteiger partial charge in [-0.05, 0) is 125 Å². The molecule has 112 heavy (non-hydrogen) atoms. The number of aliphatic hydroxyl groups excluding tert-OH is 3. The topological polar surface area (TPSA) is 189 Å². The van der Waals surface area contributed by atoms with Crippen molar-refractivity contribution in [1.82, 2.24) is 41.9 Å². The monoisotopic (exact) mass is 1580 g/mol. The van der Waals surface area contributed by atoms with Crippen molar-refractivity contribution in [2.75, 3.05) is 13.2 Å². The molecule has 5 aromatic carbocycles. The Kier molecular flexibility index (Phi) is 36.9. The van der Waals surface area contributed by atoms with Crippen LogP contribution in [0, 0.1) is 13.8 Å². The first-order valence-corrected chi connectivity index (χ1v) is 45.6. The first-order valence-electron chi connectivity index (χ1n) is 38.2. The van der Waals surface area contributed by atoms with Gasteiger partial charge in [-0.2, -0.15) is 6.42 Å². The van der Waals surface area contributed by atoms with Crippen molar-refractivity contribution in [1.29, 1.82) is 0 Å². The van der Waals surface area contributed by atoms with Crippen LogP contribution < -0.4 is 18.9 Å². The van der Waals surface area contributed by atoms with Crippen molar-refractivity contribution in [3.05, 3.63) is 234 Å². The molecule has 12 aromatic rings. The van der Waals surface area contributed by atoms with Crippen LogP contribution in [0.15, 0.2) is 170 Å². The number of ether oxygens (including phenoxy) is 2. The van der Waals surface area contributed by atoms with E-state index in [1.165, 1.54) is 130 Å². The van der Waals surface area contributed by atoms with Gasteiger partial charge in [-0.25, -0.2) is 14.8 Å². The van der Waals surface area contributed by atoms with E-state index >= 15 is 0 Å². The molecule has 0 amide bonds. The number of carboxylic acid groups (broad SMARTS) is 1. The maximum atomic E-state index is 11.1. The molecule has 0 spiro atoms. The zero-order chi connectivity index (χ0) is 73.8. The van der Waals surface area contributed by atoms with E-state index in [9.17, 15) is 20.1 Å². The second-order valence-electron chi connectivity index (χ2n) is 31.0. The molecular formula is C90H129ClFLiN10O7Si2. The number of fused-ring (bicyclic) bond motifs is 15. The molecule has 22 heteroatoms. The summed E-state index contributed by atoms with van der Waals surface area (Å²) in [5.74, 6) is -0.197. The molecular weight excluding hydrogens is 1450 g/mol. The summed E-state index contributed by atoms with van der Waals surface area (Å²) in [6.07, 6.45) is 26.4. The predicted octanol–water partition coefficient (Wildman–Crippen LogP) is 18.6. The number of carboxylic acids is 1. The number of rotatable bonds is 17. The zero-order valence-corrected chi connectivity index (χ0v) is 67.7. The van der Waals surface area contributed by atoms with Crippen LogP contribution in [0.5, 0.6) is 0 Å². The number of carbonyl (C=O) groups is 1. The first-order chi connectivity index (χ1) is 50.8. The standard InChI is InChI=1S/C21H29N3O2Si.C16H16N2O.C12H11NO2.C12H13NO.C12H13N.C9H18N2OSi.C4H9.4CH4.ClH.FH.Li.H2/c1-27(2,3)13-12-26-15-23-11-9-22-21(23)20(25)18-8-4-6-16-14-17-7-5-10-24(17)19(16)18;19-16(14-7-2-8-17-14)13-6-1-4-11-10-12-5-3-9-18(12)15(11)13;14-12(15)10-5-1-3-8-7-9-4-2-6-13(9)11(8)10;14-8-10-4-1-3-9-7-11-5-2-6-13(11)12(9)10;1-9-4-2-5-10-8-11-6-3-7-13(11)12(9)10;1-13(2,3)7-6-12-9-11-5-4-10-8-11;1-3-4-2;;;;;;;;/h4,6,8-9,11,14,20,25H,5,7,10,12-13,15H2,1-3H3;1-2,4,6,8,10,16,19H,3,5,7,9H2;1,3,5,7H,2,4,6H2,(H,14,15);1,3-4,7,14H,2,5-6,8H2;2,4-5,8H,3,6-7H2,1H3;4-5,8H,6-7,9H2,1-3H3;1,3-4H2,2H3;4*1H4;2*1H;;1H/q;;;;;;-1;;;;;;;+1;. The molecule has 13 heterocycles. The average Bonchev–Trinajstić information content (AvgIpc) is 1.63. The predicted molar refractivity (Wildman–Crippen MR) is 471 cm³/mol. The summed E-state index contributed by atoms with van der Waals surface area (Å²) >= 11 is 0. The number of hydrogen-bond donors (Lipinski definition) is 4. The minimum atomic E-state index is -1.10. The summed E-state index contributed by atoms with van der Waals surface area (Å²) in [4.78, 5) is 23.8. The zero-order valence-electron chi connectivity index (χ0n) is 64.9. The molecule has 18 rings (SSSR count). The molecule has 604 valence electrons. The molecule has 0 radical (unpaired) electrons. The molecule has 7 aromatic heterocycles. The Morgan fingerprint density at radius 2 is 0.991 bits per heavy atom. The Bertz CT molecular complexity index is 5000. The second-order valence-corrected chi connectivity index (χ2v) is 42.2. The summed E-state index contributed by atoms with van der Waals surface area (Å²) in [5, 5.41) is 46.3. The number of benzene rings is 5. The van der Waals surface area contributed by atoms with Crippen molar-refractivity contribution in [3.63, 3.8) is 0 Å². The smallest absolute Gasteiger partial charge is 0.478 e. The maximum absolute atomic E-state index is 11.1. The summed E-state index contributed by atoms with van der Waals surface area (Å²) in [7, 11) is -2.03. The maximum Gasteiger partial charge on any atom is 1.00 e. The first kappa shape index (κ1) is 94.7.